The van der Waals surface area contributed by atoms with Crippen molar-refractivity contribution in [3.8, 4) is 0 Å². The predicted molar refractivity (Wildman–Crippen MR) is 79.5 cm³/mol. The molecule has 0 bridgehead atoms. The third-order valence-electron chi connectivity index (χ3n) is 4.26. The van der Waals surface area contributed by atoms with E-state index < -0.39 is 10.3 Å². The van der Waals surface area contributed by atoms with Crippen LogP contribution in [0.15, 0.2) is 24.3 Å². The lowest BCUT2D eigenvalue weighted by Gasteiger charge is -2.34. The van der Waals surface area contributed by atoms with Crippen molar-refractivity contribution in [1.82, 2.24) is 5.32 Å². The summed E-state index contributed by atoms with van der Waals surface area (Å²) < 4.78 is 0. The van der Waals surface area contributed by atoms with Crippen LogP contribution in [0.4, 0.5) is 5.69 Å². The Kier molecular flexibility index (Phi) is 4.90. The molecule has 114 valence electrons. The molecule has 0 atom stereocenters. The number of non-ortho nitro benzene ring substituents is 1. The average molecular weight is 291 g/mol. The SMILES string of the molecule is NCC1(C(=O)NCc2cccc([N+](=O)[O-])c2)CCCCC1. The number of nitro groups is 1. The van der Waals surface area contributed by atoms with Crippen LogP contribution in [0.3, 0.4) is 0 Å². The second-order valence-corrected chi connectivity index (χ2v) is 5.65. The molecule has 2 rings (SSSR count). The fraction of sp³-hybridized carbons (Fsp3) is 0.533. The van der Waals surface area contributed by atoms with Gasteiger partial charge in [0.05, 0.1) is 10.3 Å². The third-order valence-corrected chi connectivity index (χ3v) is 4.26. The van der Waals surface area contributed by atoms with Gasteiger partial charge in [-0.1, -0.05) is 31.4 Å². The molecule has 1 aliphatic rings. The van der Waals surface area contributed by atoms with Crippen molar-refractivity contribution in [1.29, 1.82) is 0 Å². The van der Waals surface area contributed by atoms with Gasteiger partial charge in [0.1, 0.15) is 0 Å². The number of carbonyl (C=O) groups is 1. The molecule has 1 aromatic carbocycles. The van der Waals surface area contributed by atoms with E-state index >= 15 is 0 Å². The highest BCUT2D eigenvalue weighted by atomic mass is 16.6. The van der Waals surface area contributed by atoms with E-state index in [2.05, 4.69) is 5.32 Å². The molecule has 1 aromatic rings. The predicted octanol–water partition coefficient (Wildman–Crippen LogP) is 2.12. The first-order valence-electron chi connectivity index (χ1n) is 7.29. The van der Waals surface area contributed by atoms with Crippen LogP contribution in [-0.4, -0.2) is 17.4 Å². The molecule has 21 heavy (non-hydrogen) atoms. The van der Waals surface area contributed by atoms with E-state index in [9.17, 15) is 14.9 Å². The molecule has 0 aliphatic heterocycles. The van der Waals surface area contributed by atoms with Crippen LogP contribution in [0.1, 0.15) is 37.7 Å². The zero-order chi connectivity index (χ0) is 15.3. The molecule has 0 saturated heterocycles. The van der Waals surface area contributed by atoms with Gasteiger partial charge in [-0.25, -0.2) is 0 Å². The summed E-state index contributed by atoms with van der Waals surface area (Å²) in [4.78, 5) is 22.7. The minimum Gasteiger partial charge on any atom is -0.351 e. The number of nitro benzene ring substituents is 1. The Morgan fingerprint density at radius 1 is 1.33 bits per heavy atom. The highest BCUT2D eigenvalue weighted by Crippen LogP contribution is 2.35. The van der Waals surface area contributed by atoms with Crippen LogP contribution < -0.4 is 11.1 Å². The van der Waals surface area contributed by atoms with E-state index in [1.54, 1.807) is 12.1 Å². The number of nitrogens with two attached hydrogens (primary N) is 1. The maximum Gasteiger partial charge on any atom is 0.269 e. The molecule has 1 amide bonds. The highest BCUT2D eigenvalue weighted by molar-refractivity contribution is 5.83. The lowest BCUT2D eigenvalue weighted by Crippen LogP contribution is -2.46. The number of benzene rings is 1. The standard InChI is InChI=1S/C15H21N3O3/c16-11-15(7-2-1-3-8-15)14(19)17-10-12-5-4-6-13(9-12)18(20)21/h4-6,9H,1-3,7-8,10-11,16H2,(H,17,19). The molecule has 0 unspecified atom stereocenters. The van der Waals surface area contributed by atoms with Crippen molar-refractivity contribution < 1.29 is 9.72 Å². The van der Waals surface area contributed by atoms with Gasteiger partial charge in [0.25, 0.3) is 5.69 Å². The summed E-state index contributed by atoms with van der Waals surface area (Å²) in [5, 5.41) is 13.6. The monoisotopic (exact) mass is 291 g/mol. The van der Waals surface area contributed by atoms with E-state index in [0.717, 1.165) is 37.7 Å². The Balaban J connectivity index is 2.00. The van der Waals surface area contributed by atoms with Crippen LogP contribution in [0, 0.1) is 15.5 Å². The summed E-state index contributed by atoms with van der Waals surface area (Å²) in [5.74, 6) is -0.0313. The first-order chi connectivity index (χ1) is 10.1. The zero-order valence-corrected chi connectivity index (χ0v) is 12.0. The Bertz CT molecular complexity index is 525. The molecule has 0 heterocycles. The van der Waals surface area contributed by atoms with Crippen molar-refractivity contribution in [2.24, 2.45) is 11.1 Å². The normalized spacial score (nSPS) is 17.2. The van der Waals surface area contributed by atoms with Crippen molar-refractivity contribution in [3.05, 3.63) is 39.9 Å². The van der Waals surface area contributed by atoms with Crippen LogP contribution in [-0.2, 0) is 11.3 Å². The van der Waals surface area contributed by atoms with Crippen LogP contribution in [0.5, 0.6) is 0 Å². The first-order valence-corrected chi connectivity index (χ1v) is 7.29. The molecule has 3 N–H and O–H groups in total. The maximum absolute atomic E-state index is 12.4. The van der Waals surface area contributed by atoms with Crippen molar-refractivity contribution in [2.75, 3.05) is 6.54 Å². The van der Waals surface area contributed by atoms with Gasteiger partial charge in [0, 0.05) is 25.2 Å². The maximum atomic E-state index is 12.4. The Morgan fingerprint density at radius 2 is 2.05 bits per heavy atom. The second-order valence-electron chi connectivity index (χ2n) is 5.65. The largest absolute Gasteiger partial charge is 0.351 e. The van der Waals surface area contributed by atoms with E-state index in [1.807, 2.05) is 0 Å². The van der Waals surface area contributed by atoms with Gasteiger partial charge >= 0.3 is 0 Å². The van der Waals surface area contributed by atoms with Gasteiger partial charge in [0.15, 0.2) is 0 Å². The molecule has 1 fully saturated rings. The first kappa shape index (κ1) is 15.4. The van der Waals surface area contributed by atoms with Crippen molar-refractivity contribution in [3.63, 3.8) is 0 Å². The van der Waals surface area contributed by atoms with E-state index in [0.29, 0.717) is 13.1 Å². The summed E-state index contributed by atoms with van der Waals surface area (Å²) >= 11 is 0. The summed E-state index contributed by atoms with van der Waals surface area (Å²) in [7, 11) is 0. The molecule has 0 radical (unpaired) electrons. The number of rotatable bonds is 5. The molecular formula is C15H21N3O3. The number of hydrogen-bond donors (Lipinski definition) is 2. The molecule has 0 aromatic heterocycles. The van der Waals surface area contributed by atoms with Gasteiger partial charge in [-0.3, -0.25) is 14.9 Å². The second kappa shape index (κ2) is 6.67. The molecule has 1 aliphatic carbocycles. The van der Waals surface area contributed by atoms with Crippen LogP contribution in [0.2, 0.25) is 0 Å². The Morgan fingerprint density at radius 3 is 2.67 bits per heavy atom. The summed E-state index contributed by atoms with van der Waals surface area (Å²) in [5.41, 5.74) is 6.12. The third kappa shape index (κ3) is 3.58. The fourth-order valence-electron chi connectivity index (χ4n) is 2.90. The van der Waals surface area contributed by atoms with Gasteiger partial charge < -0.3 is 11.1 Å². The van der Waals surface area contributed by atoms with Crippen LogP contribution >= 0.6 is 0 Å². The summed E-state index contributed by atoms with van der Waals surface area (Å²) in [6.07, 6.45) is 4.86. The molecule has 6 nitrogen and oxygen atoms in total. The molecule has 0 spiro atoms. The molecule has 1 saturated carbocycles. The van der Waals surface area contributed by atoms with Crippen LogP contribution in [0.25, 0.3) is 0 Å². The topological polar surface area (TPSA) is 98.3 Å². The van der Waals surface area contributed by atoms with E-state index in [1.165, 1.54) is 12.1 Å². The fourth-order valence-corrected chi connectivity index (χ4v) is 2.90. The lowest BCUT2D eigenvalue weighted by molar-refractivity contribution is -0.384. The minimum atomic E-state index is -0.459. The molecule has 6 heteroatoms. The quantitative estimate of drug-likeness (QED) is 0.641. The Labute approximate surface area is 123 Å². The van der Waals surface area contributed by atoms with Gasteiger partial charge in [0.2, 0.25) is 5.91 Å². The number of carbonyl (C=O) groups excluding carboxylic acids is 1. The highest BCUT2D eigenvalue weighted by Gasteiger charge is 2.37. The average Bonchev–Trinajstić information content (AvgIpc) is 2.53. The van der Waals surface area contributed by atoms with Crippen molar-refractivity contribution in [2.45, 2.75) is 38.6 Å². The smallest absolute Gasteiger partial charge is 0.269 e. The van der Waals surface area contributed by atoms with Gasteiger partial charge in [-0.15, -0.1) is 0 Å². The zero-order valence-electron chi connectivity index (χ0n) is 12.0. The lowest BCUT2D eigenvalue weighted by atomic mass is 9.73. The Hall–Kier alpha value is -1.95. The number of amides is 1. The van der Waals surface area contributed by atoms with E-state index in [4.69, 9.17) is 5.73 Å². The number of nitrogens with one attached hydrogen (secondary N) is 1. The van der Waals surface area contributed by atoms with E-state index in [-0.39, 0.29) is 11.6 Å². The van der Waals surface area contributed by atoms with Crippen molar-refractivity contribution >= 4 is 11.6 Å². The summed E-state index contributed by atoms with van der Waals surface area (Å²) in [6, 6.07) is 6.31. The summed E-state index contributed by atoms with van der Waals surface area (Å²) in [6.45, 7) is 0.649. The van der Waals surface area contributed by atoms with Gasteiger partial charge in [-0.05, 0) is 18.4 Å². The molecular weight excluding hydrogens is 270 g/mol. The number of hydrogen-bond acceptors (Lipinski definition) is 4. The minimum absolute atomic E-state index is 0.0313. The number of nitrogens with zero attached hydrogens (tertiary/aromatic N) is 1. The van der Waals surface area contributed by atoms with Gasteiger partial charge in [-0.2, -0.15) is 0 Å².